The zero-order chi connectivity index (χ0) is 11.6. The summed E-state index contributed by atoms with van der Waals surface area (Å²) in [4.78, 5) is 20.9. The van der Waals surface area contributed by atoms with Gasteiger partial charge in [-0.05, 0) is 13.0 Å². The monoisotopic (exact) mass is 211 g/mol. The maximum absolute atomic E-state index is 11.2. The topological polar surface area (TPSA) is 89.7 Å². The lowest BCUT2D eigenvalue weighted by Crippen LogP contribution is -2.00. The molecule has 0 spiro atoms. The second-order valence-electron chi connectivity index (χ2n) is 2.82. The number of nitrogens with zero attached hydrogens (tertiary/aromatic N) is 1. The number of carbonyl (C=O) groups is 1. The Bertz CT molecular complexity index is 427. The highest BCUT2D eigenvalue weighted by atomic mass is 16.6. The molecule has 0 heterocycles. The predicted octanol–water partition coefficient (Wildman–Crippen LogP) is 1.51. The van der Waals surface area contributed by atoms with Crippen molar-refractivity contribution < 1.29 is 19.6 Å². The van der Waals surface area contributed by atoms with Gasteiger partial charge in [0.25, 0.3) is 0 Å². The third-order valence-corrected chi connectivity index (χ3v) is 1.89. The number of nitro benzene ring substituents is 1. The molecule has 1 aromatic carbocycles. The Morgan fingerprint density at radius 1 is 1.53 bits per heavy atom. The maximum atomic E-state index is 11.2. The number of methoxy groups -OCH3 is 1. The summed E-state index contributed by atoms with van der Waals surface area (Å²) in [6.07, 6.45) is 0. The molecule has 0 aliphatic heterocycles. The molecule has 0 fully saturated rings. The Hall–Kier alpha value is -2.11. The zero-order valence-corrected chi connectivity index (χ0v) is 8.18. The van der Waals surface area contributed by atoms with Gasteiger partial charge in [-0.25, -0.2) is 0 Å². The van der Waals surface area contributed by atoms with Gasteiger partial charge in [0.05, 0.1) is 12.0 Å². The summed E-state index contributed by atoms with van der Waals surface area (Å²) in [5.74, 6) is -1.04. The van der Waals surface area contributed by atoms with Crippen molar-refractivity contribution in [3.63, 3.8) is 0 Å². The number of benzene rings is 1. The van der Waals surface area contributed by atoms with Crippen LogP contribution in [0, 0.1) is 10.1 Å². The van der Waals surface area contributed by atoms with Crippen molar-refractivity contribution in [3.8, 4) is 11.5 Å². The molecule has 0 bridgehead atoms. The lowest BCUT2D eigenvalue weighted by molar-refractivity contribution is -0.385. The van der Waals surface area contributed by atoms with Gasteiger partial charge in [-0.3, -0.25) is 14.9 Å². The molecule has 80 valence electrons. The summed E-state index contributed by atoms with van der Waals surface area (Å²) in [5.41, 5.74) is -0.687. The van der Waals surface area contributed by atoms with Crippen LogP contribution in [-0.2, 0) is 0 Å². The molecule has 6 nitrogen and oxygen atoms in total. The molecule has 0 aliphatic rings. The number of phenols is 1. The maximum Gasteiger partial charge on any atom is 0.311 e. The van der Waals surface area contributed by atoms with E-state index in [2.05, 4.69) is 0 Å². The SMILES string of the molecule is COc1ccc([N+](=O)[O-])c(O)c1C(C)=O. The Kier molecular flexibility index (Phi) is 2.89. The second-order valence-corrected chi connectivity index (χ2v) is 2.82. The first kappa shape index (κ1) is 11.0. The molecule has 0 saturated heterocycles. The Morgan fingerprint density at radius 3 is 2.53 bits per heavy atom. The lowest BCUT2D eigenvalue weighted by atomic mass is 10.1. The van der Waals surface area contributed by atoms with Gasteiger partial charge < -0.3 is 9.84 Å². The summed E-state index contributed by atoms with van der Waals surface area (Å²) >= 11 is 0. The number of aromatic hydroxyl groups is 1. The van der Waals surface area contributed by atoms with E-state index >= 15 is 0 Å². The van der Waals surface area contributed by atoms with E-state index in [9.17, 15) is 20.0 Å². The zero-order valence-electron chi connectivity index (χ0n) is 8.18. The highest BCUT2D eigenvalue weighted by Gasteiger charge is 2.23. The highest BCUT2D eigenvalue weighted by Crippen LogP contribution is 2.36. The summed E-state index contributed by atoms with van der Waals surface area (Å²) < 4.78 is 4.82. The van der Waals surface area contributed by atoms with Gasteiger partial charge in [-0.15, -0.1) is 0 Å². The molecule has 1 N–H and O–H groups in total. The van der Waals surface area contributed by atoms with Crippen LogP contribution in [0.5, 0.6) is 11.5 Å². The fourth-order valence-electron chi connectivity index (χ4n) is 1.22. The first-order valence-corrected chi connectivity index (χ1v) is 4.04. The van der Waals surface area contributed by atoms with E-state index < -0.39 is 22.1 Å². The van der Waals surface area contributed by atoms with E-state index in [0.717, 1.165) is 6.07 Å². The molecule has 0 amide bonds. The number of nitro groups is 1. The van der Waals surface area contributed by atoms with E-state index in [-0.39, 0.29) is 11.3 Å². The van der Waals surface area contributed by atoms with Crippen molar-refractivity contribution in [1.29, 1.82) is 0 Å². The van der Waals surface area contributed by atoms with Crippen molar-refractivity contribution in [3.05, 3.63) is 27.8 Å². The van der Waals surface area contributed by atoms with Crippen LogP contribution in [0.4, 0.5) is 5.69 Å². The van der Waals surface area contributed by atoms with Gasteiger partial charge in [0, 0.05) is 6.07 Å². The van der Waals surface area contributed by atoms with Crippen molar-refractivity contribution in [1.82, 2.24) is 0 Å². The van der Waals surface area contributed by atoms with Gasteiger partial charge in [0.2, 0.25) is 5.75 Å². The largest absolute Gasteiger partial charge is 0.501 e. The molecule has 1 aromatic rings. The van der Waals surface area contributed by atoms with E-state index in [0.29, 0.717) is 0 Å². The molecule has 15 heavy (non-hydrogen) atoms. The van der Waals surface area contributed by atoms with Crippen LogP contribution in [-0.4, -0.2) is 22.9 Å². The smallest absolute Gasteiger partial charge is 0.311 e. The molecule has 0 unspecified atom stereocenters. The fraction of sp³-hybridized carbons (Fsp3) is 0.222. The van der Waals surface area contributed by atoms with E-state index in [4.69, 9.17) is 4.74 Å². The molecule has 0 aliphatic carbocycles. The number of ether oxygens (including phenoxy) is 1. The van der Waals surface area contributed by atoms with Gasteiger partial charge in [0.15, 0.2) is 5.78 Å². The third kappa shape index (κ3) is 1.88. The van der Waals surface area contributed by atoms with Gasteiger partial charge in [-0.2, -0.15) is 0 Å². The van der Waals surface area contributed by atoms with Crippen LogP contribution in [0.25, 0.3) is 0 Å². The van der Waals surface area contributed by atoms with E-state index in [1.54, 1.807) is 0 Å². The molecule has 0 atom stereocenters. The normalized spacial score (nSPS) is 9.73. The second kappa shape index (κ2) is 3.95. The average Bonchev–Trinajstić information content (AvgIpc) is 2.15. The van der Waals surface area contributed by atoms with E-state index in [1.807, 2.05) is 0 Å². The number of hydrogen-bond acceptors (Lipinski definition) is 5. The molecule has 1 rings (SSSR count). The molecular weight excluding hydrogens is 202 g/mol. The van der Waals surface area contributed by atoms with Crippen molar-refractivity contribution >= 4 is 11.5 Å². The van der Waals surface area contributed by atoms with E-state index in [1.165, 1.54) is 20.1 Å². The Labute approximate surface area is 85.2 Å². The van der Waals surface area contributed by atoms with Crippen molar-refractivity contribution in [2.75, 3.05) is 7.11 Å². The number of Topliss-reactive ketones (excluding diaryl/α,β-unsaturated/α-hetero) is 1. The van der Waals surface area contributed by atoms with Crippen LogP contribution in [0.3, 0.4) is 0 Å². The summed E-state index contributed by atoms with van der Waals surface area (Å²) in [6.45, 7) is 1.20. The molecule has 0 aromatic heterocycles. The molecule has 0 saturated carbocycles. The van der Waals surface area contributed by atoms with Crippen molar-refractivity contribution in [2.24, 2.45) is 0 Å². The van der Waals surface area contributed by atoms with Crippen molar-refractivity contribution in [2.45, 2.75) is 6.92 Å². The van der Waals surface area contributed by atoms with Crippen LogP contribution < -0.4 is 4.74 Å². The number of carbonyl (C=O) groups excluding carboxylic acids is 1. The standard InChI is InChI=1S/C9H9NO5/c1-5(11)8-7(15-2)4-3-6(9(8)12)10(13)14/h3-4,12H,1-2H3. The fourth-order valence-corrected chi connectivity index (χ4v) is 1.22. The number of phenolic OH excluding ortho intramolecular Hbond substituents is 1. The predicted molar refractivity (Wildman–Crippen MR) is 51.3 cm³/mol. The van der Waals surface area contributed by atoms with Gasteiger partial charge in [-0.1, -0.05) is 0 Å². The minimum atomic E-state index is -0.763. The number of hydrogen-bond donors (Lipinski definition) is 1. The number of rotatable bonds is 3. The third-order valence-electron chi connectivity index (χ3n) is 1.89. The van der Waals surface area contributed by atoms with Crippen LogP contribution in [0.15, 0.2) is 12.1 Å². The molecule has 0 radical (unpaired) electrons. The molecular formula is C9H9NO5. The van der Waals surface area contributed by atoms with Crippen LogP contribution in [0.2, 0.25) is 0 Å². The van der Waals surface area contributed by atoms with Gasteiger partial charge >= 0.3 is 5.69 Å². The molecule has 6 heteroatoms. The summed E-state index contributed by atoms with van der Waals surface area (Å²) in [6, 6.07) is 2.36. The summed E-state index contributed by atoms with van der Waals surface area (Å²) in [7, 11) is 1.31. The summed E-state index contributed by atoms with van der Waals surface area (Å²) in [5, 5.41) is 20.0. The van der Waals surface area contributed by atoms with Crippen LogP contribution in [0.1, 0.15) is 17.3 Å². The highest BCUT2D eigenvalue weighted by molar-refractivity contribution is 6.00. The lowest BCUT2D eigenvalue weighted by Gasteiger charge is -2.07. The average molecular weight is 211 g/mol. The first-order chi connectivity index (χ1) is 6.99. The number of ketones is 1. The minimum Gasteiger partial charge on any atom is -0.501 e. The Balaban J connectivity index is 3.49. The van der Waals surface area contributed by atoms with Crippen LogP contribution >= 0.6 is 0 Å². The quantitative estimate of drug-likeness (QED) is 0.465. The van der Waals surface area contributed by atoms with Gasteiger partial charge in [0.1, 0.15) is 11.3 Å². The first-order valence-electron chi connectivity index (χ1n) is 4.04. The Morgan fingerprint density at radius 2 is 2.13 bits per heavy atom. The minimum absolute atomic E-state index is 0.116.